The predicted octanol–water partition coefficient (Wildman–Crippen LogP) is 5.61. The fourth-order valence-electron chi connectivity index (χ4n) is 4.38. The molecule has 0 radical (unpaired) electrons. The molecule has 0 saturated carbocycles. The van der Waals surface area contributed by atoms with Gasteiger partial charge in [0.05, 0.1) is 11.1 Å². The van der Waals surface area contributed by atoms with E-state index in [1.807, 2.05) is 48.5 Å². The lowest BCUT2D eigenvalue weighted by Crippen LogP contribution is -1.97. The molecular weight excluding hydrogens is 336 g/mol. The van der Waals surface area contributed by atoms with Crippen molar-refractivity contribution in [3.63, 3.8) is 0 Å². The molecule has 0 spiro atoms. The largest absolute Gasteiger partial charge is 0.386 e. The van der Waals surface area contributed by atoms with Gasteiger partial charge >= 0.3 is 11.9 Å². The molecule has 1 aliphatic rings. The lowest BCUT2D eigenvalue weighted by atomic mass is 9.87. The summed E-state index contributed by atoms with van der Waals surface area (Å²) in [5.74, 6) is -1.13. The molecular formula is C24H12O3. The van der Waals surface area contributed by atoms with Gasteiger partial charge in [0.25, 0.3) is 0 Å². The van der Waals surface area contributed by atoms with E-state index in [0.717, 1.165) is 43.1 Å². The van der Waals surface area contributed by atoms with Crippen LogP contribution in [0.15, 0.2) is 72.8 Å². The Labute approximate surface area is 153 Å². The quantitative estimate of drug-likeness (QED) is 0.207. The number of carbonyl (C=O) groups is 2. The van der Waals surface area contributed by atoms with E-state index in [0.29, 0.717) is 11.1 Å². The molecule has 1 aliphatic heterocycles. The molecule has 0 aromatic heterocycles. The molecule has 0 fully saturated rings. The zero-order chi connectivity index (χ0) is 18.1. The van der Waals surface area contributed by atoms with Gasteiger partial charge in [-0.1, -0.05) is 72.8 Å². The van der Waals surface area contributed by atoms with Crippen molar-refractivity contribution >= 4 is 55.0 Å². The first kappa shape index (κ1) is 14.4. The molecule has 0 saturated heterocycles. The summed E-state index contributed by atoms with van der Waals surface area (Å²) in [7, 11) is 0. The number of esters is 2. The topological polar surface area (TPSA) is 43.4 Å². The summed E-state index contributed by atoms with van der Waals surface area (Å²) in [6.07, 6.45) is 0. The van der Waals surface area contributed by atoms with Gasteiger partial charge in [0, 0.05) is 0 Å². The Morgan fingerprint density at radius 1 is 0.481 bits per heavy atom. The number of hydrogen-bond donors (Lipinski definition) is 0. The van der Waals surface area contributed by atoms with Crippen molar-refractivity contribution in [2.24, 2.45) is 0 Å². The van der Waals surface area contributed by atoms with Gasteiger partial charge in [-0.2, -0.15) is 0 Å². The molecule has 0 aliphatic carbocycles. The normalized spacial score (nSPS) is 13.6. The molecule has 126 valence electrons. The van der Waals surface area contributed by atoms with Crippen molar-refractivity contribution in [3.05, 3.63) is 83.9 Å². The fourth-order valence-corrected chi connectivity index (χ4v) is 4.38. The van der Waals surface area contributed by atoms with Crippen molar-refractivity contribution < 1.29 is 14.3 Å². The van der Waals surface area contributed by atoms with E-state index >= 15 is 0 Å². The van der Waals surface area contributed by atoms with Gasteiger partial charge in [-0.3, -0.25) is 0 Å². The summed E-state index contributed by atoms with van der Waals surface area (Å²) in [6, 6.07) is 24.1. The number of ether oxygens (including phenoxy) is 1. The average molecular weight is 348 g/mol. The van der Waals surface area contributed by atoms with Crippen LogP contribution in [0.5, 0.6) is 0 Å². The highest BCUT2D eigenvalue weighted by Crippen LogP contribution is 2.42. The standard InChI is InChI=1S/C24H12O3/c25-23-21-17-11-9-13-5-1-3-7-15(13)19(17)20-16-8-4-2-6-14(16)10-12-18(20)22(21)24(26)27-23/h1-12H. The minimum Gasteiger partial charge on any atom is -0.386 e. The van der Waals surface area contributed by atoms with Crippen LogP contribution in [-0.4, -0.2) is 11.9 Å². The van der Waals surface area contributed by atoms with Crippen LogP contribution in [0.2, 0.25) is 0 Å². The summed E-state index contributed by atoms with van der Waals surface area (Å²) in [6.45, 7) is 0. The third-order valence-corrected chi connectivity index (χ3v) is 5.49. The molecule has 3 nitrogen and oxygen atoms in total. The first-order valence-electron chi connectivity index (χ1n) is 8.79. The fraction of sp³-hybridized carbons (Fsp3) is 0. The van der Waals surface area contributed by atoms with E-state index in [9.17, 15) is 9.59 Å². The number of fused-ring (bicyclic) bond motifs is 10. The lowest BCUT2D eigenvalue weighted by Gasteiger charge is -2.13. The van der Waals surface area contributed by atoms with Crippen LogP contribution in [0.3, 0.4) is 0 Å². The molecule has 0 atom stereocenters. The second-order valence-corrected chi connectivity index (χ2v) is 6.85. The van der Waals surface area contributed by atoms with E-state index in [2.05, 4.69) is 24.3 Å². The van der Waals surface area contributed by atoms with Gasteiger partial charge in [-0.15, -0.1) is 0 Å². The van der Waals surface area contributed by atoms with Gasteiger partial charge in [0.1, 0.15) is 0 Å². The van der Waals surface area contributed by atoms with Gasteiger partial charge < -0.3 is 4.74 Å². The van der Waals surface area contributed by atoms with Crippen LogP contribution in [0.4, 0.5) is 0 Å². The highest BCUT2D eigenvalue weighted by molar-refractivity contribution is 6.37. The molecule has 1 heterocycles. The lowest BCUT2D eigenvalue weighted by molar-refractivity contribution is 0.0445. The first-order chi connectivity index (χ1) is 13.2. The molecule has 6 rings (SSSR count). The van der Waals surface area contributed by atoms with E-state index in [-0.39, 0.29) is 0 Å². The minimum atomic E-state index is -0.565. The van der Waals surface area contributed by atoms with Crippen LogP contribution < -0.4 is 0 Å². The van der Waals surface area contributed by atoms with Crippen molar-refractivity contribution in [1.82, 2.24) is 0 Å². The second kappa shape index (κ2) is 4.92. The Hall–Kier alpha value is -3.72. The summed E-state index contributed by atoms with van der Waals surface area (Å²) < 4.78 is 4.99. The first-order valence-corrected chi connectivity index (χ1v) is 8.79. The van der Waals surface area contributed by atoms with E-state index in [1.54, 1.807) is 0 Å². The monoisotopic (exact) mass is 348 g/mol. The van der Waals surface area contributed by atoms with E-state index in [1.165, 1.54) is 0 Å². The molecule has 0 bridgehead atoms. The molecule has 5 aromatic carbocycles. The van der Waals surface area contributed by atoms with Crippen molar-refractivity contribution in [2.75, 3.05) is 0 Å². The van der Waals surface area contributed by atoms with Crippen LogP contribution in [0.25, 0.3) is 43.1 Å². The third kappa shape index (κ3) is 1.75. The van der Waals surface area contributed by atoms with Gasteiger partial charge in [0.15, 0.2) is 0 Å². The molecule has 27 heavy (non-hydrogen) atoms. The summed E-state index contributed by atoms with van der Waals surface area (Å²) in [4.78, 5) is 25.0. The Morgan fingerprint density at radius 2 is 0.926 bits per heavy atom. The van der Waals surface area contributed by atoms with Gasteiger partial charge in [-0.25, -0.2) is 9.59 Å². The summed E-state index contributed by atoms with van der Waals surface area (Å²) in [5, 5.41) is 7.83. The third-order valence-electron chi connectivity index (χ3n) is 5.49. The van der Waals surface area contributed by atoms with E-state index in [4.69, 9.17) is 4.74 Å². The zero-order valence-corrected chi connectivity index (χ0v) is 14.2. The zero-order valence-electron chi connectivity index (χ0n) is 14.2. The number of hydrogen-bond acceptors (Lipinski definition) is 3. The Morgan fingerprint density at radius 3 is 1.41 bits per heavy atom. The Balaban J connectivity index is 2.05. The van der Waals surface area contributed by atoms with Crippen LogP contribution >= 0.6 is 0 Å². The van der Waals surface area contributed by atoms with Crippen molar-refractivity contribution in [3.8, 4) is 0 Å². The maximum absolute atomic E-state index is 12.5. The highest BCUT2D eigenvalue weighted by atomic mass is 16.6. The molecule has 0 amide bonds. The second-order valence-electron chi connectivity index (χ2n) is 6.85. The van der Waals surface area contributed by atoms with Crippen LogP contribution in [0, 0.1) is 0 Å². The van der Waals surface area contributed by atoms with E-state index < -0.39 is 11.9 Å². The minimum absolute atomic E-state index is 0.378. The molecule has 3 heteroatoms. The summed E-state index contributed by atoms with van der Waals surface area (Å²) in [5.41, 5.74) is 0.757. The van der Waals surface area contributed by atoms with Crippen LogP contribution in [0.1, 0.15) is 20.7 Å². The smallest absolute Gasteiger partial charge is 0.347 e. The maximum atomic E-state index is 12.5. The number of cyclic esters (lactones) is 2. The Kier molecular flexibility index (Phi) is 2.63. The molecule has 0 unspecified atom stereocenters. The Bertz CT molecular complexity index is 1370. The number of carbonyl (C=O) groups excluding carboxylic acids is 2. The predicted molar refractivity (Wildman–Crippen MR) is 106 cm³/mol. The summed E-state index contributed by atoms with van der Waals surface area (Å²) >= 11 is 0. The number of benzene rings is 5. The maximum Gasteiger partial charge on any atom is 0.347 e. The highest BCUT2D eigenvalue weighted by Gasteiger charge is 2.34. The van der Waals surface area contributed by atoms with Crippen molar-refractivity contribution in [1.29, 1.82) is 0 Å². The van der Waals surface area contributed by atoms with Crippen molar-refractivity contribution in [2.45, 2.75) is 0 Å². The van der Waals surface area contributed by atoms with Gasteiger partial charge in [0.2, 0.25) is 0 Å². The van der Waals surface area contributed by atoms with Crippen LogP contribution in [-0.2, 0) is 4.74 Å². The average Bonchev–Trinajstić information content (AvgIpc) is 3.01. The van der Waals surface area contributed by atoms with Gasteiger partial charge in [-0.05, 0) is 43.1 Å². The molecule has 0 N–H and O–H groups in total. The SMILES string of the molecule is O=C1OC(=O)c2c1c1ccc3ccccc3c1c1c2ccc2ccccc21. The number of rotatable bonds is 0. The molecule has 5 aromatic rings.